The minimum atomic E-state index is 0.119. The van der Waals surface area contributed by atoms with E-state index in [1.165, 1.54) is 0 Å². The largest absolute Gasteiger partial charge is 0.294 e. The van der Waals surface area contributed by atoms with Crippen LogP contribution >= 0.6 is 38.5 Å². The molecule has 0 bridgehead atoms. The van der Waals surface area contributed by atoms with Crippen molar-refractivity contribution in [2.24, 2.45) is 0 Å². The van der Waals surface area contributed by atoms with Crippen molar-refractivity contribution in [2.45, 2.75) is 26.8 Å². The summed E-state index contributed by atoms with van der Waals surface area (Å²) in [6.45, 7) is 4.73. The Balaban J connectivity index is 2.29. The number of ketones is 1. The molecular weight excluding hydrogens is 419 g/mol. The van der Waals surface area contributed by atoms with Gasteiger partial charge in [0, 0.05) is 15.7 Å². The highest BCUT2D eigenvalue weighted by atomic mass is 127. The molecule has 0 radical (unpaired) electrons. The fourth-order valence-electron chi connectivity index (χ4n) is 1.95. The highest BCUT2D eigenvalue weighted by Crippen LogP contribution is 2.23. The molecule has 1 aromatic heterocycles. The average molecular weight is 433 g/mol. The van der Waals surface area contributed by atoms with Gasteiger partial charge in [0.05, 0.1) is 22.3 Å². The molecule has 0 unspecified atom stereocenters. The van der Waals surface area contributed by atoms with Crippen LogP contribution in [0.1, 0.15) is 28.7 Å². The quantitative estimate of drug-likeness (QED) is 0.540. The molecule has 100 valence electrons. The molecule has 0 saturated carbocycles. The normalized spacial score (nSPS) is 10.7. The van der Waals surface area contributed by atoms with Crippen LogP contribution in [0.5, 0.6) is 0 Å². The number of carbonyl (C=O) groups is 1. The lowest BCUT2D eigenvalue weighted by Crippen LogP contribution is -2.10. The number of Topliss-reactive ketones (excluding diaryl/α,β-unsaturated/α-hetero) is 1. The molecule has 0 aliphatic carbocycles. The summed E-state index contributed by atoms with van der Waals surface area (Å²) < 4.78 is 3.89. The zero-order valence-corrected chi connectivity index (χ0v) is 14.5. The van der Waals surface area contributed by atoms with Gasteiger partial charge in [-0.3, -0.25) is 9.48 Å². The molecule has 0 aliphatic heterocycles. The molecule has 3 nitrogen and oxygen atoms in total. The first-order valence-electron chi connectivity index (χ1n) is 6.03. The van der Waals surface area contributed by atoms with Crippen LogP contribution in [-0.4, -0.2) is 15.6 Å². The van der Waals surface area contributed by atoms with Crippen LogP contribution in [0.25, 0.3) is 0 Å². The SMILES string of the molecule is CCn1nc(C)c(Br)c1CC(=O)c1cccc(I)c1. The fourth-order valence-corrected chi connectivity index (χ4v) is 2.92. The Morgan fingerprint density at radius 2 is 2.21 bits per heavy atom. The second-order valence-electron chi connectivity index (χ2n) is 4.27. The molecule has 0 fully saturated rings. The van der Waals surface area contributed by atoms with Gasteiger partial charge in [0.1, 0.15) is 0 Å². The summed E-state index contributed by atoms with van der Waals surface area (Å²) in [7, 11) is 0. The summed E-state index contributed by atoms with van der Waals surface area (Å²) in [5.74, 6) is 0.119. The maximum atomic E-state index is 12.3. The van der Waals surface area contributed by atoms with Gasteiger partial charge in [0.25, 0.3) is 0 Å². The standard InChI is InChI=1S/C14H14BrIN2O/c1-3-18-12(14(15)9(2)17-18)8-13(19)10-5-4-6-11(16)7-10/h4-7H,3,8H2,1-2H3. The second-order valence-corrected chi connectivity index (χ2v) is 6.31. The Kier molecular flexibility index (Phi) is 4.78. The monoisotopic (exact) mass is 432 g/mol. The minimum absolute atomic E-state index is 0.119. The number of nitrogens with zero attached hydrogens (tertiary/aromatic N) is 2. The first kappa shape index (κ1) is 14.7. The van der Waals surface area contributed by atoms with Crippen molar-refractivity contribution in [1.82, 2.24) is 9.78 Å². The number of rotatable bonds is 4. The average Bonchev–Trinajstić information content (AvgIpc) is 2.66. The lowest BCUT2D eigenvalue weighted by molar-refractivity contribution is 0.0990. The van der Waals surface area contributed by atoms with Crippen molar-refractivity contribution in [3.05, 3.63) is 49.3 Å². The Morgan fingerprint density at radius 1 is 1.47 bits per heavy atom. The van der Waals surface area contributed by atoms with Crippen molar-refractivity contribution in [3.63, 3.8) is 0 Å². The number of carbonyl (C=O) groups excluding carboxylic acids is 1. The molecular formula is C14H14BrIN2O. The van der Waals surface area contributed by atoms with Crippen LogP contribution in [0.15, 0.2) is 28.7 Å². The third-order valence-electron chi connectivity index (χ3n) is 2.93. The third kappa shape index (κ3) is 3.25. The van der Waals surface area contributed by atoms with Crippen molar-refractivity contribution in [2.75, 3.05) is 0 Å². The van der Waals surface area contributed by atoms with Gasteiger partial charge in [-0.25, -0.2) is 0 Å². The lowest BCUT2D eigenvalue weighted by atomic mass is 10.1. The molecule has 19 heavy (non-hydrogen) atoms. The fraction of sp³-hybridized carbons (Fsp3) is 0.286. The van der Waals surface area contributed by atoms with Crippen molar-refractivity contribution < 1.29 is 4.79 Å². The van der Waals surface area contributed by atoms with E-state index in [2.05, 4.69) is 43.6 Å². The first-order valence-corrected chi connectivity index (χ1v) is 7.90. The zero-order chi connectivity index (χ0) is 14.0. The van der Waals surface area contributed by atoms with E-state index in [1.807, 2.05) is 42.8 Å². The predicted molar refractivity (Wildman–Crippen MR) is 87.5 cm³/mol. The first-order chi connectivity index (χ1) is 9.02. The zero-order valence-electron chi connectivity index (χ0n) is 10.8. The maximum Gasteiger partial charge on any atom is 0.168 e. The van der Waals surface area contributed by atoms with E-state index in [9.17, 15) is 4.79 Å². The number of benzene rings is 1. The van der Waals surface area contributed by atoms with Crippen molar-refractivity contribution in [3.8, 4) is 0 Å². The number of hydrogen-bond acceptors (Lipinski definition) is 2. The van der Waals surface area contributed by atoms with Gasteiger partial charge in [0.2, 0.25) is 0 Å². The van der Waals surface area contributed by atoms with Gasteiger partial charge < -0.3 is 0 Å². The molecule has 0 aliphatic rings. The summed E-state index contributed by atoms with van der Waals surface area (Å²) >= 11 is 5.74. The van der Waals surface area contributed by atoms with Gasteiger partial charge in [-0.1, -0.05) is 12.1 Å². The Labute approximate surface area is 134 Å². The van der Waals surface area contributed by atoms with Crippen LogP contribution in [-0.2, 0) is 13.0 Å². The minimum Gasteiger partial charge on any atom is -0.294 e. The predicted octanol–water partition coefficient (Wildman–Crippen LogP) is 4.00. The number of aromatic nitrogens is 2. The van der Waals surface area contributed by atoms with Crippen molar-refractivity contribution in [1.29, 1.82) is 0 Å². The molecule has 1 aromatic carbocycles. The van der Waals surface area contributed by atoms with Gasteiger partial charge in [0.15, 0.2) is 5.78 Å². The summed E-state index contributed by atoms with van der Waals surface area (Å²) in [5.41, 5.74) is 2.62. The topological polar surface area (TPSA) is 34.9 Å². The van der Waals surface area contributed by atoms with Crippen LogP contribution < -0.4 is 0 Å². The molecule has 5 heteroatoms. The number of halogens is 2. The van der Waals surface area contributed by atoms with Crippen LogP contribution in [0.4, 0.5) is 0 Å². The summed E-state index contributed by atoms with van der Waals surface area (Å²) in [4.78, 5) is 12.3. The van der Waals surface area contributed by atoms with Gasteiger partial charge in [-0.2, -0.15) is 5.10 Å². The van der Waals surface area contributed by atoms with Crippen LogP contribution in [0, 0.1) is 10.5 Å². The smallest absolute Gasteiger partial charge is 0.168 e. The maximum absolute atomic E-state index is 12.3. The van der Waals surface area contributed by atoms with E-state index in [4.69, 9.17) is 0 Å². The second kappa shape index (κ2) is 6.17. The molecule has 2 rings (SSSR count). The van der Waals surface area contributed by atoms with Gasteiger partial charge in [-0.05, 0) is 64.5 Å². The highest BCUT2D eigenvalue weighted by molar-refractivity contribution is 14.1. The Morgan fingerprint density at radius 3 is 2.84 bits per heavy atom. The molecule has 2 aromatic rings. The van der Waals surface area contributed by atoms with E-state index >= 15 is 0 Å². The molecule has 1 heterocycles. The molecule has 0 amide bonds. The summed E-state index contributed by atoms with van der Waals surface area (Å²) in [6.07, 6.45) is 0.370. The van der Waals surface area contributed by atoms with Crippen LogP contribution in [0.3, 0.4) is 0 Å². The van der Waals surface area contributed by atoms with E-state index in [-0.39, 0.29) is 5.78 Å². The Hall–Kier alpha value is -0.690. The molecule has 0 saturated heterocycles. The van der Waals surface area contributed by atoms with Gasteiger partial charge in [-0.15, -0.1) is 0 Å². The summed E-state index contributed by atoms with van der Waals surface area (Å²) in [5, 5.41) is 4.41. The lowest BCUT2D eigenvalue weighted by Gasteiger charge is -2.05. The number of aryl methyl sites for hydroxylation is 2. The van der Waals surface area contributed by atoms with Crippen molar-refractivity contribution >= 4 is 44.3 Å². The third-order valence-corrected chi connectivity index (χ3v) is 4.63. The molecule has 0 spiro atoms. The molecule has 0 atom stereocenters. The molecule has 0 N–H and O–H groups in total. The highest BCUT2D eigenvalue weighted by Gasteiger charge is 2.16. The summed E-state index contributed by atoms with van der Waals surface area (Å²) in [6, 6.07) is 7.66. The Bertz CT molecular complexity index is 622. The van der Waals surface area contributed by atoms with Gasteiger partial charge >= 0.3 is 0 Å². The van der Waals surface area contributed by atoms with Crippen LogP contribution in [0.2, 0.25) is 0 Å². The number of hydrogen-bond donors (Lipinski definition) is 0. The van der Waals surface area contributed by atoms with E-state index in [1.54, 1.807) is 0 Å². The van der Waals surface area contributed by atoms with E-state index < -0.39 is 0 Å². The van der Waals surface area contributed by atoms with E-state index in [0.29, 0.717) is 6.42 Å². The van der Waals surface area contributed by atoms with E-state index in [0.717, 1.165) is 31.5 Å².